The molecule has 12 heteroatoms. The predicted molar refractivity (Wildman–Crippen MR) is 132 cm³/mol. The van der Waals surface area contributed by atoms with E-state index in [0.717, 1.165) is 16.9 Å². The molecule has 0 spiro atoms. The van der Waals surface area contributed by atoms with Crippen LogP contribution in [0.5, 0.6) is 0 Å². The summed E-state index contributed by atoms with van der Waals surface area (Å²) in [5, 5.41) is 13.9. The number of rotatable bonds is 8. The molecule has 35 heavy (non-hydrogen) atoms. The van der Waals surface area contributed by atoms with E-state index in [1.165, 1.54) is 0 Å². The molecule has 0 bridgehead atoms. The summed E-state index contributed by atoms with van der Waals surface area (Å²) in [5.74, 6) is -1.14. The summed E-state index contributed by atoms with van der Waals surface area (Å²) >= 11 is 0. The van der Waals surface area contributed by atoms with Crippen molar-refractivity contribution in [2.75, 3.05) is 18.0 Å². The van der Waals surface area contributed by atoms with Crippen LogP contribution in [0.1, 0.15) is 60.1 Å². The number of aryl methyl sites for hydroxylation is 3. The van der Waals surface area contributed by atoms with E-state index in [9.17, 15) is 14.4 Å². The Labute approximate surface area is 203 Å². The molecule has 1 aromatic carbocycles. The summed E-state index contributed by atoms with van der Waals surface area (Å²) in [6.45, 7) is 8.08. The Kier molecular flexibility index (Phi) is 9.09. The minimum atomic E-state index is -1.12. The molecule has 0 aliphatic rings. The number of nitrogens with zero attached hydrogens (tertiary/aromatic N) is 4. The highest BCUT2D eigenvalue weighted by atomic mass is 16.4. The second-order valence-electron chi connectivity index (χ2n) is 7.33. The fourth-order valence-electron chi connectivity index (χ4n) is 3.62. The zero-order chi connectivity index (χ0) is 26.3. The van der Waals surface area contributed by atoms with E-state index in [4.69, 9.17) is 16.6 Å². The van der Waals surface area contributed by atoms with Crippen LogP contribution < -0.4 is 26.7 Å². The van der Waals surface area contributed by atoms with E-state index in [-0.39, 0.29) is 23.9 Å². The highest BCUT2D eigenvalue weighted by molar-refractivity contribution is 5.98. The Morgan fingerprint density at radius 2 is 1.74 bits per heavy atom. The Morgan fingerprint density at radius 1 is 1.06 bits per heavy atom. The van der Waals surface area contributed by atoms with Crippen molar-refractivity contribution < 1.29 is 24.1 Å². The molecular formula is C23H33N8O4+. The van der Waals surface area contributed by atoms with Gasteiger partial charge in [0, 0.05) is 11.6 Å². The molecule has 0 atom stereocenters. The standard InChI is InChI=1S/C21H26N8O4.C2H6/c1-4-12-18(22)27-19(23)17(26-12)21(33)24-9-15-28(3)13-7-6-11(8-14(13)29(15)5-2)20(32)25-10-16(30)31;1-2/h6-8H,4-5,9-10H2,1-3H3,(H6-,22,23,24,25,27,30,31,32,33);1-2H3/p+1. The smallest absolute Gasteiger partial charge is 0.322 e. The number of aliphatic carboxylic acids is 1. The van der Waals surface area contributed by atoms with Crippen molar-refractivity contribution in [3.8, 4) is 0 Å². The Bertz CT molecular complexity index is 1250. The summed E-state index contributed by atoms with van der Waals surface area (Å²) < 4.78 is 3.87. The van der Waals surface area contributed by atoms with Crippen molar-refractivity contribution in [3.05, 3.63) is 41.0 Å². The van der Waals surface area contributed by atoms with E-state index in [2.05, 4.69) is 20.6 Å². The van der Waals surface area contributed by atoms with Gasteiger partial charge in [0.2, 0.25) is 0 Å². The lowest BCUT2D eigenvalue weighted by molar-refractivity contribution is -0.654. The van der Waals surface area contributed by atoms with Crippen molar-refractivity contribution in [2.45, 2.75) is 47.2 Å². The van der Waals surface area contributed by atoms with Gasteiger partial charge in [0.1, 0.15) is 18.9 Å². The molecule has 12 nitrogen and oxygen atoms in total. The van der Waals surface area contributed by atoms with E-state index in [0.29, 0.717) is 24.2 Å². The number of nitrogen functional groups attached to an aromatic ring is 2. The maximum absolute atomic E-state index is 12.8. The molecule has 0 saturated carbocycles. The predicted octanol–water partition coefficient (Wildman–Crippen LogP) is 0.773. The van der Waals surface area contributed by atoms with Crippen LogP contribution >= 0.6 is 0 Å². The first-order chi connectivity index (χ1) is 16.7. The summed E-state index contributed by atoms with van der Waals surface area (Å²) in [6, 6.07) is 5.09. The van der Waals surface area contributed by atoms with Crippen LogP contribution in [0.15, 0.2) is 18.2 Å². The number of nitrogens with one attached hydrogen (secondary N) is 2. The third kappa shape index (κ3) is 5.83. The van der Waals surface area contributed by atoms with Gasteiger partial charge in [-0.2, -0.15) is 0 Å². The Balaban J connectivity index is 0.00000210. The topological polar surface area (TPSA) is 182 Å². The maximum atomic E-state index is 12.8. The van der Waals surface area contributed by atoms with Crippen LogP contribution in [0, 0.1) is 0 Å². The van der Waals surface area contributed by atoms with Gasteiger partial charge >= 0.3 is 5.97 Å². The van der Waals surface area contributed by atoms with Gasteiger partial charge < -0.3 is 27.2 Å². The fourth-order valence-corrected chi connectivity index (χ4v) is 3.62. The third-order valence-electron chi connectivity index (χ3n) is 5.29. The lowest BCUT2D eigenvalue weighted by Gasteiger charge is -2.09. The number of imidazole rings is 1. The average molecular weight is 486 g/mol. The highest BCUT2D eigenvalue weighted by Gasteiger charge is 2.25. The summed E-state index contributed by atoms with van der Waals surface area (Å²) in [5.41, 5.74) is 14.1. The first kappa shape index (κ1) is 27.0. The summed E-state index contributed by atoms with van der Waals surface area (Å²) in [7, 11) is 1.85. The van der Waals surface area contributed by atoms with Gasteiger partial charge in [-0.3, -0.25) is 14.4 Å². The number of benzene rings is 1. The molecule has 0 unspecified atom stereocenters. The van der Waals surface area contributed by atoms with Crippen LogP contribution in [0.25, 0.3) is 11.0 Å². The van der Waals surface area contributed by atoms with Crippen molar-refractivity contribution in [3.63, 3.8) is 0 Å². The number of carbonyl (C=O) groups is 3. The van der Waals surface area contributed by atoms with Gasteiger partial charge in [-0.1, -0.05) is 20.8 Å². The average Bonchev–Trinajstić information content (AvgIpc) is 3.12. The number of amides is 2. The quantitative estimate of drug-likeness (QED) is 0.290. The van der Waals surface area contributed by atoms with Gasteiger partial charge in [-0.25, -0.2) is 19.1 Å². The monoisotopic (exact) mass is 485 g/mol. The van der Waals surface area contributed by atoms with Gasteiger partial charge in [0.05, 0.1) is 19.3 Å². The van der Waals surface area contributed by atoms with Crippen LogP contribution in [0.2, 0.25) is 0 Å². The van der Waals surface area contributed by atoms with Gasteiger partial charge in [0.15, 0.2) is 22.5 Å². The third-order valence-corrected chi connectivity index (χ3v) is 5.29. The van der Waals surface area contributed by atoms with E-state index >= 15 is 0 Å². The second kappa shape index (κ2) is 11.8. The van der Waals surface area contributed by atoms with Gasteiger partial charge in [-0.05, 0) is 25.5 Å². The molecule has 7 N–H and O–H groups in total. The Morgan fingerprint density at radius 3 is 2.34 bits per heavy atom. The molecule has 2 aromatic heterocycles. The molecule has 2 amide bonds. The van der Waals surface area contributed by atoms with Crippen molar-refractivity contribution in [1.82, 2.24) is 25.2 Å². The van der Waals surface area contributed by atoms with Gasteiger partial charge in [0.25, 0.3) is 17.6 Å². The van der Waals surface area contributed by atoms with E-state index in [1.54, 1.807) is 18.2 Å². The Hall–Kier alpha value is -4.22. The highest BCUT2D eigenvalue weighted by Crippen LogP contribution is 2.18. The van der Waals surface area contributed by atoms with Crippen LogP contribution in [0.3, 0.4) is 0 Å². The number of carboxylic acid groups (broad SMARTS) is 1. The zero-order valence-electron chi connectivity index (χ0n) is 20.7. The van der Waals surface area contributed by atoms with Crippen molar-refractivity contribution in [2.24, 2.45) is 7.05 Å². The second-order valence-corrected chi connectivity index (χ2v) is 7.33. The van der Waals surface area contributed by atoms with E-state index in [1.807, 2.05) is 43.9 Å². The van der Waals surface area contributed by atoms with Gasteiger partial charge in [-0.15, -0.1) is 0 Å². The summed E-state index contributed by atoms with van der Waals surface area (Å²) in [6.07, 6.45) is 0.515. The van der Waals surface area contributed by atoms with Crippen LogP contribution in [0.4, 0.5) is 11.6 Å². The molecule has 0 saturated heterocycles. The first-order valence-corrected chi connectivity index (χ1v) is 11.4. The molecule has 188 valence electrons. The number of carbonyl (C=O) groups excluding carboxylic acids is 2. The molecule has 0 aliphatic heterocycles. The lowest BCUT2D eigenvalue weighted by atomic mass is 10.2. The number of anilines is 2. The number of hydrogen-bond donors (Lipinski definition) is 5. The molecule has 0 aliphatic carbocycles. The summed E-state index contributed by atoms with van der Waals surface area (Å²) in [4.78, 5) is 44.0. The number of fused-ring (bicyclic) bond motifs is 1. The molecule has 0 fully saturated rings. The normalized spacial score (nSPS) is 10.4. The van der Waals surface area contributed by atoms with Crippen molar-refractivity contribution in [1.29, 1.82) is 0 Å². The number of nitrogens with two attached hydrogens (primary N) is 2. The molecule has 3 rings (SSSR count). The van der Waals surface area contributed by atoms with Crippen LogP contribution in [-0.4, -0.2) is 44.0 Å². The lowest BCUT2D eigenvalue weighted by Crippen LogP contribution is -2.38. The molecule has 3 aromatic rings. The van der Waals surface area contributed by atoms with Crippen molar-refractivity contribution >= 4 is 40.5 Å². The molecular weight excluding hydrogens is 452 g/mol. The maximum Gasteiger partial charge on any atom is 0.322 e. The van der Waals surface area contributed by atoms with Crippen LogP contribution in [-0.2, 0) is 31.4 Å². The largest absolute Gasteiger partial charge is 0.480 e. The minimum absolute atomic E-state index is 0.0141. The molecule has 0 radical (unpaired) electrons. The SMILES string of the molecule is CC.CCc1nc(C(=O)NCc2n(CC)c3cc(C(=O)NCC(=O)O)ccc3[n+]2C)c(N)nc1N. The first-order valence-electron chi connectivity index (χ1n) is 11.4. The number of hydrogen-bond acceptors (Lipinski definition) is 7. The number of aromatic nitrogens is 4. The molecule has 2 heterocycles. The van der Waals surface area contributed by atoms with E-state index < -0.39 is 24.3 Å². The number of carboxylic acids is 1. The minimum Gasteiger partial charge on any atom is -0.480 e. The zero-order valence-corrected chi connectivity index (χ0v) is 20.7. The fraction of sp³-hybridized carbons (Fsp3) is 0.391.